The number of nitrogens with two attached hydrogens (primary N) is 1. The van der Waals surface area contributed by atoms with Crippen LogP contribution >= 0.6 is 0 Å². The van der Waals surface area contributed by atoms with E-state index in [0.29, 0.717) is 17.6 Å². The number of aryl methyl sites for hydroxylation is 1. The second-order valence-electron chi connectivity index (χ2n) is 8.52. The number of imidazole rings is 1. The Bertz CT molecular complexity index is 1140. The Morgan fingerprint density at radius 3 is 2.76 bits per heavy atom. The third-order valence-corrected chi connectivity index (χ3v) is 5.94. The highest BCUT2D eigenvalue weighted by Crippen LogP contribution is 2.19. The van der Waals surface area contributed by atoms with Crippen LogP contribution in [-0.2, 0) is 6.42 Å². The summed E-state index contributed by atoms with van der Waals surface area (Å²) in [5.41, 5.74) is 8.94. The number of nitrogens with zero attached hydrogens (tertiary/aromatic N) is 2. The molecule has 6 nitrogen and oxygen atoms in total. The van der Waals surface area contributed by atoms with Crippen molar-refractivity contribution in [3.05, 3.63) is 77.5 Å². The van der Waals surface area contributed by atoms with Gasteiger partial charge in [0.25, 0.3) is 0 Å². The number of nitrogens with one attached hydrogen (secondary N) is 3. The zero-order valence-electron chi connectivity index (χ0n) is 19.5. The molecule has 3 heterocycles. The summed E-state index contributed by atoms with van der Waals surface area (Å²) in [7, 11) is 0. The molecule has 0 amide bonds. The smallest absolute Gasteiger partial charge is 0.124 e. The van der Waals surface area contributed by atoms with Crippen LogP contribution in [0.25, 0.3) is 0 Å². The van der Waals surface area contributed by atoms with E-state index in [1.165, 1.54) is 12.0 Å². The van der Waals surface area contributed by atoms with Crippen molar-refractivity contribution in [2.24, 2.45) is 10.7 Å². The topological polar surface area (TPSA) is 91.1 Å². The average Bonchev–Trinajstić information content (AvgIpc) is 3.64. The normalized spacial score (nSPS) is 20.7. The largest absolute Gasteiger partial charge is 0.386 e. The number of aliphatic imine (C=N–C) groups is 1. The first-order valence-electron chi connectivity index (χ1n) is 12.1. The highest BCUT2D eigenvalue weighted by atomic mass is 15.0. The standard InChI is InChI=1S/C28H32N6/c29-27(25-17-9-19-30-25)33-23(14-6-2-5-13-22-11-3-1-4-12-22)15-7-8-16-24-21-32-28(34-24)26-18-10-20-31-26/h1-4,6,11-12,14,21,25-26,30-31H,5,9-10,13,17-20H2,(H2,29,33)(H,32,34)/b6-2-,23-14-/t25-,26-/m0/s1. The molecule has 5 N–H and O–H groups in total. The summed E-state index contributed by atoms with van der Waals surface area (Å²) >= 11 is 0. The third kappa shape index (κ3) is 7.22. The molecule has 2 fully saturated rings. The number of allylic oxidation sites excluding steroid dienone is 4. The lowest BCUT2D eigenvalue weighted by Crippen LogP contribution is -2.36. The summed E-state index contributed by atoms with van der Waals surface area (Å²) in [4.78, 5) is 12.3. The number of H-pyrrole nitrogens is 1. The van der Waals surface area contributed by atoms with Gasteiger partial charge in [0.05, 0.1) is 18.3 Å². The van der Waals surface area contributed by atoms with Gasteiger partial charge in [-0.05, 0) is 86.9 Å². The Labute approximate surface area is 202 Å². The molecular formula is C28H32N6. The van der Waals surface area contributed by atoms with Crippen LogP contribution in [0.5, 0.6) is 0 Å². The van der Waals surface area contributed by atoms with E-state index in [1.807, 2.05) is 18.2 Å². The number of hydrogen-bond acceptors (Lipinski definition) is 4. The third-order valence-electron chi connectivity index (χ3n) is 5.94. The molecule has 2 aliphatic heterocycles. The van der Waals surface area contributed by atoms with E-state index in [0.717, 1.165) is 56.7 Å². The van der Waals surface area contributed by atoms with Gasteiger partial charge in [0.1, 0.15) is 23.1 Å². The van der Waals surface area contributed by atoms with Crippen molar-refractivity contribution in [1.29, 1.82) is 0 Å². The zero-order valence-corrected chi connectivity index (χ0v) is 19.5. The van der Waals surface area contributed by atoms with Crippen LogP contribution < -0.4 is 16.4 Å². The van der Waals surface area contributed by atoms with Gasteiger partial charge >= 0.3 is 0 Å². The minimum atomic E-state index is 0.117. The first-order chi connectivity index (χ1) is 16.8. The Morgan fingerprint density at radius 2 is 1.97 bits per heavy atom. The number of benzene rings is 1. The molecule has 0 unspecified atom stereocenters. The molecular weight excluding hydrogens is 420 g/mol. The van der Waals surface area contributed by atoms with Gasteiger partial charge in [-0.25, -0.2) is 9.98 Å². The monoisotopic (exact) mass is 452 g/mol. The van der Waals surface area contributed by atoms with Crippen molar-refractivity contribution in [3.8, 4) is 23.7 Å². The van der Waals surface area contributed by atoms with Gasteiger partial charge in [-0.1, -0.05) is 42.5 Å². The van der Waals surface area contributed by atoms with Crippen molar-refractivity contribution < 1.29 is 0 Å². The maximum atomic E-state index is 6.24. The first kappa shape index (κ1) is 23.6. The van der Waals surface area contributed by atoms with Crippen LogP contribution in [0, 0.1) is 23.7 Å². The molecule has 4 rings (SSSR count). The van der Waals surface area contributed by atoms with E-state index in [1.54, 1.807) is 6.20 Å². The molecule has 174 valence electrons. The molecule has 6 heteroatoms. The molecule has 1 aromatic carbocycles. The van der Waals surface area contributed by atoms with Crippen LogP contribution in [-0.4, -0.2) is 34.9 Å². The second-order valence-corrected chi connectivity index (χ2v) is 8.52. The van der Waals surface area contributed by atoms with Crippen LogP contribution in [0.3, 0.4) is 0 Å². The number of aromatic nitrogens is 2. The predicted octanol–water partition coefficient (Wildman–Crippen LogP) is 3.37. The lowest BCUT2D eigenvalue weighted by molar-refractivity contribution is 0.612. The summed E-state index contributed by atoms with van der Waals surface area (Å²) in [6.07, 6.45) is 14.1. The summed E-state index contributed by atoms with van der Waals surface area (Å²) in [6.45, 7) is 2.01. The highest BCUT2D eigenvalue weighted by molar-refractivity contribution is 5.87. The summed E-state index contributed by atoms with van der Waals surface area (Å²) in [6, 6.07) is 10.9. The number of rotatable bonds is 7. The fourth-order valence-corrected chi connectivity index (χ4v) is 4.10. The van der Waals surface area contributed by atoms with Crippen LogP contribution in [0.4, 0.5) is 0 Å². The van der Waals surface area contributed by atoms with Crippen molar-refractivity contribution in [3.63, 3.8) is 0 Å². The molecule has 0 bridgehead atoms. The van der Waals surface area contributed by atoms with E-state index >= 15 is 0 Å². The lowest BCUT2D eigenvalue weighted by atomic mass is 10.1. The van der Waals surface area contributed by atoms with Crippen LogP contribution in [0.1, 0.15) is 55.2 Å². The summed E-state index contributed by atoms with van der Waals surface area (Å²) in [5, 5.41) is 6.81. The van der Waals surface area contributed by atoms with Crippen molar-refractivity contribution in [2.45, 2.75) is 50.6 Å². The maximum Gasteiger partial charge on any atom is 0.124 e. The molecule has 0 radical (unpaired) electrons. The summed E-state index contributed by atoms with van der Waals surface area (Å²) < 4.78 is 0. The fraction of sp³-hybridized carbons (Fsp3) is 0.357. The van der Waals surface area contributed by atoms with E-state index in [9.17, 15) is 0 Å². The van der Waals surface area contributed by atoms with Crippen LogP contribution in [0.15, 0.2) is 65.4 Å². The molecule has 2 saturated heterocycles. The molecule has 0 aliphatic carbocycles. The molecule has 34 heavy (non-hydrogen) atoms. The van der Waals surface area contributed by atoms with Gasteiger partial charge in [-0.15, -0.1) is 0 Å². The minimum absolute atomic E-state index is 0.117. The van der Waals surface area contributed by atoms with Gasteiger partial charge in [0.2, 0.25) is 0 Å². The van der Waals surface area contributed by atoms with Gasteiger partial charge < -0.3 is 21.4 Å². The van der Waals surface area contributed by atoms with Gasteiger partial charge in [-0.3, -0.25) is 0 Å². The number of amidine groups is 1. The first-order valence-corrected chi connectivity index (χ1v) is 12.1. The van der Waals surface area contributed by atoms with E-state index in [2.05, 4.69) is 79.6 Å². The molecule has 2 atom stereocenters. The summed E-state index contributed by atoms with van der Waals surface area (Å²) in [5.74, 6) is 13.4. The zero-order chi connectivity index (χ0) is 23.4. The molecule has 0 saturated carbocycles. The van der Waals surface area contributed by atoms with Crippen molar-refractivity contribution in [2.75, 3.05) is 13.1 Å². The SMILES string of the molecule is N\C(=N/C(C#CC#Cc1cnc([C@@H]2CCCN2)[nH]1)=C\C=C/CCc1ccccc1)[C@@H]1CCCN1. The fourth-order valence-electron chi connectivity index (χ4n) is 4.10. The number of hydrogen-bond donors (Lipinski definition) is 4. The van der Waals surface area contributed by atoms with Crippen molar-refractivity contribution in [1.82, 2.24) is 20.6 Å². The van der Waals surface area contributed by atoms with E-state index in [-0.39, 0.29) is 6.04 Å². The molecule has 0 spiro atoms. The quantitative estimate of drug-likeness (QED) is 0.224. The van der Waals surface area contributed by atoms with Gasteiger partial charge in [0, 0.05) is 0 Å². The Morgan fingerprint density at radius 1 is 1.12 bits per heavy atom. The maximum absolute atomic E-state index is 6.24. The van der Waals surface area contributed by atoms with E-state index in [4.69, 9.17) is 5.73 Å². The van der Waals surface area contributed by atoms with Crippen molar-refractivity contribution >= 4 is 5.84 Å². The Kier molecular flexibility index (Phi) is 8.74. The molecule has 2 aliphatic rings. The van der Waals surface area contributed by atoms with Gasteiger partial charge in [-0.2, -0.15) is 0 Å². The Hall–Kier alpha value is -3.58. The second kappa shape index (κ2) is 12.6. The average molecular weight is 453 g/mol. The Balaban J connectivity index is 1.41. The molecule has 1 aromatic heterocycles. The predicted molar refractivity (Wildman–Crippen MR) is 138 cm³/mol. The lowest BCUT2D eigenvalue weighted by Gasteiger charge is -2.08. The van der Waals surface area contributed by atoms with Gasteiger partial charge in [0.15, 0.2) is 0 Å². The van der Waals surface area contributed by atoms with Crippen LogP contribution in [0.2, 0.25) is 0 Å². The highest BCUT2D eigenvalue weighted by Gasteiger charge is 2.19. The molecule has 2 aromatic rings. The minimum Gasteiger partial charge on any atom is -0.386 e. The number of aromatic amines is 1. The van der Waals surface area contributed by atoms with E-state index < -0.39 is 0 Å².